The van der Waals surface area contributed by atoms with E-state index in [1.807, 2.05) is 32.0 Å². The lowest BCUT2D eigenvalue weighted by Gasteiger charge is -2.19. The van der Waals surface area contributed by atoms with Crippen LogP contribution >= 0.6 is 0 Å². The molecule has 0 heterocycles. The highest BCUT2D eigenvalue weighted by atomic mass is 32.2. The minimum absolute atomic E-state index is 0.240. The normalized spacial score (nSPS) is 12.3. The van der Waals surface area contributed by atoms with Crippen molar-refractivity contribution in [2.45, 2.75) is 33.3 Å². The Hall–Kier alpha value is -2.54. The number of hydrogen-bond acceptors (Lipinski definition) is 4. The third-order valence-electron chi connectivity index (χ3n) is 4.37. The fourth-order valence-corrected chi connectivity index (χ4v) is 3.12. The third kappa shape index (κ3) is 5.23. The summed E-state index contributed by atoms with van der Waals surface area (Å²) < 4.78 is 30.0. The molecule has 0 radical (unpaired) electrons. The van der Waals surface area contributed by atoms with Gasteiger partial charge in [0.1, 0.15) is 5.75 Å². The molecular formula is C20H26N2O4S. The lowest BCUT2D eigenvalue weighted by Crippen LogP contribution is -2.30. The van der Waals surface area contributed by atoms with E-state index in [9.17, 15) is 13.2 Å². The number of carbonyl (C=O) groups excluding carboxylic acids is 1. The van der Waals surface area contributed by atoms with Crippen LogP contribution in [0.5, 0.6) is 5.75 Å². The number of carbonyl (C=O) groups is 1. The molecule has 2 rings (SSSR count). The van der Waals surface area contributed by atoms with Crippen LogP contribution in [0.15, 0.2) is 42.5 Å². The highest BCUT2D eigenvalue weighted by Crippen LogP contribution is 2.23. The number of nitrogens with zero attached hydrogens (tertiary/aromatic N) is 1. The molecule has 0 fully saturated rings. The molecule has 2 aromatic carbocycles. The molecule has 146 valence electrons. The topological polar surface area (TPSA) is 75.7 Å². The Labute approximate surface area is 161 Å². The Morgan fingerprint density at radius 3 is 2.37 bits per heavy atom. The van der Waals surface area contributed by atoms with Gasteiger partial charge in [0.15, 0.2) is 6.10 Å². The van der Waals surface area contributed by atoms with E-state index in [0.717, 1.165) is 29.5 Å². The molecule has 0 spiro atoms. The van der Waals surface area contributed by atoms with Gasteiger partial charge in [-0.05, 0) is 55.7 Å². The minimum atomic E-state index is -3.32. The van der Waals surface area contributed by atoms with Gasteiger partial charge in [-0.15, -0.1) is 0 Å². The van der Waals surface area contributed by atoms with Gasteiger partial charge in [0.05, 0.1) is 11.9 Å². The van der Waals surface area contributed by atoms with Crippen molar-refractivity contribution in [2.24, 2.45) is 0 Å². The summed E-state index contributed by atoms with van der Waals surface area (Å²) in [5.74, 6) is 0.250. The van der Waals surface area contributed by atoms with Crippen molar-refractivity contribution in [3.63, 3.8) is 0 Å². The van der Waals surface area contributed by atoms with Gasteiger partial charge in [-0.1, -0.05) is 25.1 Å². The number of sulfonamides is 1. The van der Waals surface area contributed by atoms with Gasteiger partial charge in [0.2, 0.25) is 10.0 Å². The summed E-state index contributed by atoms with van der Waals surface area (Å²) in [7, 11) is -1.84. The number of rotatable bonds is 7. The van der Waals surface area contributed by atoms with E-state index >= 15 is 0 Å². The number of ether oxygens (including phenoxy) is 1. The van der Waals surface area contributed by atoms with Crippen LogP contribution in [-0.2, 0) is 21.2 Å². The van der Waals surface area contributed by atoms with E-state index in [1.165, 1.54) is 11.4 Å². The first-order chi connectivity index (χ1) is 12.6. The SMILES string of the molecule is CCc1cccc(C)c1NC(=O)[C@@H](C)Oc1ccc(N(C)S(C)(=O)=O)cc1. The Morgan fingerprint density at radius 2 is 1.81 bits per heavy atom. The first-order valence-corrected chi connectivity index (χ1v) is 10.6. The summed E-state index contributed by atoms with van der Waals surface area (Å²) in [6, 6.07) is 12.5. The van der Waals surface area contributed by atoms with Crippen molar-refractivity contribution in [1.29, 1.82) is 0 Å². The van der Waals surface area contributed by atoms with Crippen LogP contribution in [0.3, 0.4) is 0 Å². The molecule has 6 nitrogen and oxygen atoms in total. The van der Waals surface area contributed by atoms with Gasteiger partial charge >= 0.3 is 0 Å². The molecule has 0 saturated heterocycles. The molecule has 1 atom stereocenters. The quantitative estimate of drug-likeness (QED) is 0.787. The molecule has 7 heteroatoms. The molecule has 0 aromatic heterocycles. The summed E-state index contributed by atoms with van der Waals surface area (Å²) in [4.78, 5) is 12.5. The Morgan fingerprint density at radius 1 is 1.19 bits per heavy atom. The molecule has 0 bridgehead atoms. The lowest BCUT2D eigenvalue weighted by molar-refractivity contribution is -0.122. The first kappa shape index (κ1) is 20.8. The largest absolute Gasteiger partial charge is 0.481 e. The fourth-order valence-electron chi connectivity index (χ4n) is 2.61. The number of aryl methyl sites for hydroxylation is 2. The van der Waals surface area contributed by atoms with Crippen molar-refractivity contribution in [3.05, 3.63) is 53.6 Å². The minimum Gasteiger partial charge on any atom is -0.481 e. The molecule has 0 saturated carbocycles. The highest BCUT2D eigenvalue weighted by Gasteiger charge is 2.18. The predicted molar refractivity (Wildman–Crippen MR) is 109 cm³/mol. The molecular weight excluding hydrogens is 364 g/mol. The summed E-state index contributed by atoms with van der Waals surface area (Å²) in [5.41, 5.74) is 3.42. The average molecular weight is 391 g/mol. The number of anilines is 2. The maximum Gasteiger partial charge on any atom is 0.265 e. The van der Waals surface area contributed by atoms with Crippen LogP contribution in [0.4, 0.5) is 11.4 Å². The summed E-state index contributed by atoms with van der Waals surface area (Å²) in [6.07, 6.45) is 1.26. The van der Waals surface area contributed by atoms with Crippen LogP contribution in [-0.4, -0.2) is 33.7 Å². The summed E-state index contributed by atoms with van der Waals surface area (Å²) >= 11 is 0. The molecule has 1 amide bonds. The van der Waals surface area contributed by atoms with Gasteiger partial charge < -0.3 is 10.1 Å². The molecule has 27 heavy (non-hydrogen) atoms. The fraction of sp³-hybridized carbons (Fsp3) is 0.350. The molecule has 0 aliphatic carbocycles. The molecule has 0 aliphatic rings. The molecule has 1 N–H and O–H groups in total. The molecule has 0 unspecified atom stereocenters. The maximum absolute atomic E-state index is 12.5. The highest BCUT2D eigenvalue weighted by molar-refractivity contribution is 7.92. The van der Waals surface area contributed by atoms with Crippen molar-refractivity contribution >= 4 is 27.3 Å². The van der Waals surface area contributed by atoms with E-state index in [1.54, 1.807) is 31.2 Å². The van der Waals surface area contributed by atoms with E-state index < -0.39 is 16.1 Å². The van der Waals surface area contributed by atoms with Crippen LogP contribution in [0.2, 0.25) is 0 Å². The molecule has 2 aromatic rings. The zero-order chi connectivity index (χ0) is 20.2. The van der Waals surface area contributed by atoms with Gasteiger partial charge in [-0.25, -0.2) is 8.42 Å². The molecule has 0 aliphatic heterocycles. The van der Waals surface area contributed by atoms with Crippen molar-refractivity contribution in [1.82, 2.24) is 0 Å². The van der Waals surface area contributed by atoms with Crippen LogP contribution in [0.25, 0.3) is 0 Å². The van der Waals surface area contributed by atoms with Gasteiger partial charge in [-0.3, -0.25) is 9.10 Å². The number of para-hydroxylation sites is 1. The zero-order valence-electron chi connectivity index (χ0n) is 16.3. The summed E-state index contributed by atoms with van der Waals surface area (Å²) in [6.45, 7) is 5.67. The average Bonchev–Trinajstić information content (AvgIpc) is 2.62. The lowest BCUT2D eigenvalue weighted by atomic mass is 10.1. The van der Waals surface area contributed by atoms with E-state index in [4.69, 9.17) is 4.74 Å². The number of nitrogens with one attached hydrogen (secondary N) is 1. The van der Waals surface area contributed by atoms with Gasteiger partial charge in [0, 0.05) is 12.7 Å². The second-order valence-electron chi connectivity index (χ2n) is 6.44. The van der Waals surface area contributed by atoms with Crippen molar-refractivity contribution in [3.8, 4) is 5.75 Å². The number of hydrogen-bond donors (Lipinski definition) is 1. The third-order valence-corrected chi connectivity index (χ3v) is 5.57. The predicted octanol–water partition coefficient (Wildman–Crippen LogP) is 3.36. The Kier molecular flexibility index (Phi) is 6.49. The number of amides is 1. The maximum atomic E-state index is 12.5. The van der Waals surface area contributed by atoms with Gasteiger partial charge in [-0.2, -0.15) is 0 Å². The monoisotopic (exact) mass is 390 g/mol. The van der Waals surface area contributed by atoms with E-state index in [0.29, 0.717) is 11.4 Å². The first-order valence-electron chi connectivity index (χ1n) is 8.73. The van der Waals surface area contributed by atoms with Crippen molar-refractivity contribution < 1.29 is 17.9 Å². The number of benzene rings is 2. The Bertz CT molecular complexity index is 908. The van der Waals surface area contributed by atoms with E-state index in [2.05, 4.69) is 5.32 Å². The van der Waals surface area contributed by atoms with Gasteiger partial charge in [0.25, 0.3) is 5.91 Å². The standard InChI is InChI=1S/C20H26N2O4S/c1-6-16-9-7-8-14(2)19(16)21-20(23)15(3)26-18-12-10-17(11-13-18)22(4)27(5,24)25/h7-13,15H,6H2,1-5H3,(H,21,23)/t15-/m1/s1. The van der Waals surface area contributed by atoms with E-state index in [-0.39, 0.29) is 5.91 Å². The van der Waals surface area contributed by atoms with Crippen LogP contribution in [0, 0.1) is 6.92 Å². The smallest absolute Gasteiger partial charge is 0.265 e. The van der Waals surface area contributed by atoms with Crippen LogP contribution < -0.4 is 14.4 Å². The Balaban J connectivity index is 2.07. The second-order valence-corrected chi connectivity index (χ2v) is 8.45. The zero-order valence-corrected chi connectivity index (χ0v) is 17.1. The second kappa shape index (κ2) is 8.43. The van der Waals surface area contributed by atoms with Crippen molar-refractivity contribution in [2.75, 3.05) is 22.9 Å². The van der Waals surface area contributed by atoms with Crippen LogP contribution in [0.1, 0.15) is 25.0 Å². The summed E-state index contributed by atoms with van der Waals surface area (Å²) in [5, 5.41) is 2.95.